The molecule has 0 fully saturated rings. The summed E-state index contributed by atoms with van der Waals surface area (Å²) < 4.78 is 26.0. The molecule has 0 spiro atoms. The van der Waals surface area contributed by atoms with Crippen LogP contribution >= 0.6 is 0 Å². The largest absolute Gasteiger partial charge is 0.270 e. The van der Waals surface area contributed by atoms with Crippen molar-refractivity contribution in [2.75, 3.05) is 12.4 Å². The molecular weight excluding hydrogens is 175 g/mol. The van der Waals surface area contributed by atoms with Crippen LogP contribution in [0.4, 0.5) is 0 Å². The van der Waals surface area contributed by atoms with Gasteiger partial charge in [-0.15, -0.1) is 0 Å². The Balaban J connectivity index is 0. The minimum absolute atomic E-state index is 0. The molecule has 0 saturated carbocycles. The van der Waals surface area contributed by atoms with E-state index >= 15 is 0 Å². The summed E-state index contributed by atoms with van der Waals surface area (Å²) in [5, 5.41) is 0. The van der Waals surface area contributed by atoms with Gasteiger partial charge in [-0.05, 0) is 13.3 Å². The van der Waals surface area contributed by atoms with Crippen molar-refractivity contribution >= 4 is 39.7 Å². The van der Waals surface area contributed by atoms with Gasteiger partial charge in [-0.25, -0.2) is 0 Å². The molecule has 0 aromatic heterocycles. The summed E-state index contributed by atoms with van der Waals surface area (Å²) in [6.45, 7) is 3.86. The van der Waals surface area contributed by atoms with Crippen molar-refractivity contribution in [3.8, 4) is 0 Å². The van der Waals surface area contributed by atoms with E-state index in [1.54, 1.807) is 6.92 Å². The first-order valence-corrected chi connectivity index (χ1v) is 5.07. The van der Waals surface area contributed by atoms with Crippen LogP contribution in [-0.2, 0) is 14.3 Å². The van der Waals surface area contributed by atoms with E-state index in [2.05, 4.69) is 4.18 Å². The predicted octanol–water partition coefficient (Wildman–Crippen LogP) is 0.772. The van der Waals surface area contributed by atoms with Crippen molar-refractivity contribution < 1.29 is 12.6 Å². The van der Waals surface area contributed by atoms with Gasteiger partial charge in [0.2, 0.25) is 0 Å². The van der Waals surface area contributed by atoms with E-state index < -0.39 is 10.1 Å². The van der Waals surface area contributed by atoms with Crippen LogP contribution in [0.3, 0.4) is 0 Å². The Bertz CT molecular complexity index is 165. The van der Waals surface area contributed by atoms with Crippen molar-refractivity contribution in [3.63, 3.8) is 0 Å². The monoisotopic (exact) mass is 189 g/mol. The van der Waals surface area contributed by atoms with E-state index in [1.807, 2.05) is 6.92 Å². The van der Waals surface area contributed by atoms with Crippen molar-refractivity contribution in [1.82, 2.24) is 0 Å². The Kier molecular flexibility index (Phi) is 9.91. The van der Waals surface area contributed by atoms with Crippen LogP contribution < -0.4 is 0 Å². The standard InChI is InChI=1S/C6H14O3S.Na/c1-3-5-6-10(7,8)9-4-2;/h3-6H2,1-2H3;. The Morgan fingerprint density at radius 3 is 2.18 bits per heavy atom. The van der Waals surface area contributed by atoms with E-state index in [4.69, 9.17) is 0 Å². The van der Waals surface area contributed by atoms with Gasteiger partial charge < -0.3 is 0 Å². The first-order chi connectivity index (χ1) is 4.62. The van der Waals surface area contributed by atoms with Crippen molar-refractivity contribution in [2.45, 2.75) is 26.7 Å². The molecule has 0 atom stereocenters. The normalized spacial score (nSPS) is 10.7. The van der Waals surface area contributed by atoms with Gasteiger partial charge in [0.1, 0.15) is 0 Å². The molecule has 0 unspecified atom stereocenters. The van der Waals surface area contributed by atoms with Crippen LogP contribution in [0.25, 0.3) is 0 Å². The molecule has 5 heteroatoms. The number of hydrogen-bond donors (Lipinski definition) is 0. The van der Waals surface area contributed by atoms with Gasteiger partial charge in [0.05, 0.1) is 12.4 Å². The Morgan fingerprint density at radius 2 is 1.82 bits per heavy atom. The van der Waals surface area contributed by atoms with E-state index in [9.17, 15) is 8.42 Å². The Hall–Kier alpha value is 0.910. The van der Waals surface area contributed by atoms with Crippen molar-refractivity contribution in [3.05, 3.63) is 0 Å². The molecule has 0 bridgehead atoms. The van der Waals surface area contributed by atoms with Gasteiger partial charge in [0.15, 0.2) is 0 Å². The minimum Gasteiger partial charge on any atom is -0.270 e. The average molecular weight is 189 g/mol. The summed E-state index contributed by atoms with van der Waals surface area (Å²) in [4.78, 5) is 0. The van der Waals surface area contributed by atoms with Gasteiger partial charge in [-0.2, -0.15) is 8.42 Å². The zero-order chi connectivity index (χ0) is 8.04. The number of hydrogen-bond acceptors (Lipinski definition) is 3. The molecular formula is C6H14NaO3S. The van der Waals surface area contributed by atoms with E-state index in [0.717, 1.165) is 6.42 Å². The second-order valence-electron chi connectivity index (χ2n) is 2.02. The smallest absolute Gasteiger partial charge is 0.267 e. The maximum Gasteiger partial charge on any atom is 0.267 e. The maximum atomic E-state index is 10.8. The van der Waals surface area contributed by atoms with Crippen LogP contribution in [-0.4, -0.2) is 50.3 Å². The number of rotatable bonds is 5. The molecule has 0 aliphatic rings. The summed E-state index contributed by atoms with van der Waals surface area (Å²) >= 11 is 0. The quantitative estimate of drug-likeness (QED) is 0.474. The fourth-order valence-corrected chi connectivity index (χ4v) is 1.68. The molecule has 0 amide bonds. The van der Waals surface area contributed by atoms with Gasteiger partial charge >= 0.3 is 0 Å². The summed E-state index contributed by atoms with van der Waals surface area (Å²) in [7, 11) is -3.19. The summed E-state index contributed by atoms with van der Waals surface area (Å²) in [5.41, 5.74) is 0. The van der Waals surface area contributed by atoms with Crippen LogP contribution in [0.2, 0.25) is 0 Å². The molecule has 0 aliphatic carbocycles. The van der Waals surface area contributed by atoms with Crippen LogP contribution in [0, 0.1) is 0 Å². The molecule has 0 heterocycles. The SMILES string of the molecule is CCCCS(=O)(=O)OCC.[Na]. The second-order valence-corrected chi connectivity index (χ2v) is 3.78. The van der Waals surface area contributed by atoms with Crippen molar-refractivity contribution in [1.29, 1.82) is 0 Å². The first-order valence-electron chi connectivity index (χ1n) is 3.49. The Morgan fingerprint density at radius 1 is 1.27 bits per heavy atom. The van der Waals surface area contributed by atoms with E-state index in [-0.39, 0.29) is 41.9 Å². The molecule has 0 saturated heterocycles. The van der Waals surface area contributed by atoms with Gasteiger partial charge in [0.25, 0.3) is 10.1 Å². The second kappa shape index (κ2) is 7.55. The van der Waals surface area contributed by atoms with Gasteiger partial charge in [-0.3, -0.25) is 4.18 Å². The third-order valence-electron chi connectivity index (χ3n) is 1.05. The topological polar surface area (TPSA) is 43.4 Å². The molecule has 1 radical (unpaired) electrons. The average Bonchev–Trinajstić information content (AvgIpc) is 1.84. The molecule has 0 aliphatic heterocycles. The molecule has 11 heavy (non-hydrogen) atoms. The van der Waals surface area contributed by atoms with Gasteiger partial charge in [0, 0.05) is 29.6 Å². The fourth-order valence-electron chi connectivity index (χ4n) is 0.560. The van der Waals surface area contributed by atoms with E-state index in [1.165, 1.54) is 0 Å². The zero-order valence-corrected chi connectivity index (χ0v) is 10.3. The van der Waals surface area contributed by atoms with Gasteiger partial charge in [-0.1, -0.05) is 13.3 Å². The van der Waals surface area contributed by atoms with Crippen LogP contribution in [0.5, 0.6) is 0 Å². The first kappa shape index (κ1) is 14.4. The van der Waals surface area contributed by atoms with Crippen LogP contribution in [0.15, 0.2) is 0 Å². The summed E-state index contributed by atoms with van der Waals surface area (Å²) in [6, 6.07) is 0. The molecule has 3 nitrogen and oxygen atoms in total. The Labute approximate surface area is 90.9 Å². The summed E-state index contributed by atoms with van der Waals surface area (Å²) in [6.07, 6.45) is 1.56. The summed E-state index contributed by atoms with van der Waals surface area (Å²) in [5.74, 6) is 0.150. The maximum absolute atomic E-state index is 10.8. The number of unbranched alkanes of at least 4 members (excludes halogenated alkanes) is 1. The molecule has 63 valence electrons. The van der Waals surface area contributed by atoms with Crippen LogP contribution in [0.1, 0.15) is 26.7 Å². The molecule has 0 aromatic rings. The van der Waals surface area contributed by atoms with E-state index in [0.29, 0.717) is 6.42 Å². The predicted molar refractivity (Wildman–Crippen MR) is 46.1 cm³/mol. The van der Waals surface area contributed by atoms with Crippen molar-refractivity contribution in [2.24, 2.45) is 0 Å². The fraction of sp³-hybridized carbons (Fsp3) is 1.00. The molecule has 0 rings (SSSR count). The zero-order valence-electron chi connectivity index (χ0n) is 7.46. The minimum atomic E-state index is -3.19. The third kappa shape index (κ3) is 8.82. The molecule has 0 N–H and O–H groups in total. The molecule has 0 aromatic carbocycles. The third-order valence-corrected chi connectivity index (χ3v) is 2.43.